The molecule has 1 aromatic heterocycles. The van der Waals surface area contributed by atoms with Gasteiger partial charge in [-0.05, 0) is 37.3 Å². The summed E-state index contributed by atoms with van der Waals surface area (Å²) in [5.74, 6) is 1.35. The van der Waals surface area contributed by atoms with E-state index in [1.807, 2.05) is 37.3 Å². The summed E-state index contributed by atoms with van der Waals surface area (Å²) in [7, 11) is 1.60. The maximum absolute atomic E-state index is 5.97. The van der Waals surface area contributed by atoms with Crippen LogP contribution in [0.15, 0.2) is 41.0 Å². The van der Waals surface area contributed by atoms with E-state index in [2.05, 4.69) is 20.9 Å². The Labute approximate surface area is 127 Å². The molecule has 0 aliphatic heterocycles. The molecule has 0 saturated carbocycles. The summed E-state index contributed by atoms with van der Waals surface area (Å²) in [4.78, 5) is 4.15. The van der Waals surface area contributed by atoms with Crippen molar-refractivity contribution in [2.24, 2.45) is 5.73 Å². The van der Waals surface area contributed by atoms with Crippen LogP contribution in [0.5, 0.6) is 11.6 Å². The zero-order chi connectivity index (χ0) is 14.5. The fourth-order valence-corrected chi connectivity index (χ4v) is 2.26. The van der Waals surface area contributed by atoms with Gasteiger partial charge in [0.1, 0.15) is 12.4 Å². The minimum Gasteiger partial charge on any atom is -0.488 e. The molecule has 0 fully saturated rings. The second kappa shape index (κ2) is 6.72. The zero-order valence-corrected chi connectivity index (χ0v) is 13.1. The smallest absolute Gasteiger partial charge is 0.219 e. The molecule has 0 aliphatic rings. The molecule has 5 heteroatoms. The van der Waals surface area contributed by atoms with Gasteiger partial charge in [0.15, 0.2) is 0 Å². The SMILES string of the molecule is COc1ncccc1COc1ccc(Br)cc1[C@H](C)N. The van der Waals surface area contributed by atoms with Gasteiger partial charge in [-0.1, -0.05) is 15.9 Å². The van der Waals surface area contributed by atoms with Gasteiger partial charge in [0, 0.05) is 22.3 Å². The number of pyridine rings is 1. The molecule has 2 N–H and O–H groups in total. The molecule has 0 spiro atoms. The van der Waals surface area contributed by atoms with E-state index in [9.17, 15) is 0 Å². The maximum atomic E-state index is 5.97. The number of nitrogens with two attached hydrogens (primary N) is 1. The van der Waals surface area contributed by atoms with Gasteiger partial charge in [-0.3, -0.25) is 0 Å². The largest absolute Gasteiger partial charge is 0.488 e. The molecule has 0 aliphatic carbocycles. The molecular formula is C15H17BrN2O2. The third kappa shape index (κ3) is 3.49. The number of methoxy groups -OCH3 is 1. The van der Waals surface area contributed by atoms with Crippen LogP contribution in [0.4, 0.5) is 0 Å². The van der Waals surface area contributed by atoms with E-state index in [-0.39, 0.29) is 6.04 Å². The Bertz CT molecular complexity index is 588. The molecule has 0 amide bonds. The van der Waals surface area contributed by atoms with Gasteiger partial charge in [0.05, 0.1) is 12.7 Å². The third-order valence-electron chi connectivity index (χ3n) is 2.89. The minimum absolute atomic E-state index is 0.0988. The number of benzene rings is 1. The predicted octanol–water partition coefficient (Wildman–Crippen LogP) is 3.45. The van der Waals surface area contributed by atoms with E-state index in [0.717, 1.165) is 21.3 Å². The number of ether oxygens (including phenoxy) is 2. The topological polar surface area (TPSA) is 57.4 Å². The van der Waals surface area contributed by atoms with Crippen molar-refractivity contribution in [3.8, 4) is 11.6 Å². The number of aromatic nitrogens is 1. The zero-order valence-electron chi connectivity index (χ0n) is 11.5. The molecule has 0 saturated heterocycles. The summed E-state index contributed by atoms with van der Waals surface area (Å²) in [6, 6.07) is 9.50. The van der Waals surface area contributed by atoms with Crippen LogP contribution in [-0.4, -0.2) is 12.1 Å². The highest BCUT2D eigenvalue weighted by Crippen LogP contribution is 2.28. The third-order valence-corrected chi connectivity index (χ3v) is 3.38. The van der Waals surface area contributed by atoms with Crippen LogP contribution in [0.2, 0.25) is 0 Å². The monoisotopic (exact) mass is 336 g/mol. The Balaban J connectivity index is 2.19. The Morgan fingerprint density at radius 1 is 1.35 bits per heavy atom. The molecule has 2 rings (SSSR count). The van der Waals surface area contributed by atoms with Crippen LogP contribution >= 0.6 is 15.9 Å². The van der Waals surface area contributed by atoms with E-state index < -0.39 is 0 Å². The van der Waals surface area contributed by atoms with Gasteiger partial charge in [-0.25, -0.2) is 4.98 Å². The molecule has 4 nitrogen and oxygen atoms in total. The summed E-state index contributed by atoms with van der Waals surface area (Å²) in [6.07, 6.45) is 1.69. The van der Waals surface area contributed by atoms with Gasteiger partial charge >= 0.3 is 0 Å². The Morgan fingerprint density at radius 2 is 2.15 bits per heavy atom. The van der Waals surface area contributed by atoms with Gasteiger partial charge in [0.25, 0.3) is 0 Å². The van der Waals surface area contributed by atoms with Crippen LogP contribution < -0.4 is 15.2 Å². The van der Waals surface area contributed by atoms with Crippen molar-refractivity contribution in [1.82, 2.24) is 4.98 Å². The lowest BCUT2D eigenvalue weighted by Gasteiger charge is -2.15. The van der Waals surface area contributed by atoms with Crippen LogP contribution in [0, 0.1) is 0 Å². The fraction of sp³-hybridized carbons (Fsp3) is 0.267. The van der Waals surface area contributed by atoms with Crippen molar-refractivity contribution in [2.45, 2.75) is 19.6 Å². The molecule has 1 atom stereocenters. The lowest BCUT2D eigenvalue weighted by molar-refractivity contribution is 0.290. The average Bonchev–Trinajstić information content (AvgIpc) is 2.46. The van der Waals surface area contributed by atoms with E-state index in [0.29, 0.717) is 12.5 Å². The Kier molecular flexibility index (Phi) is 4.98. The molecule has 1 heterocycles. The minimum atomic E-state index is -0.0988. The second-order valence-electron chi connectivity index (χ2n) is 4.43. The first kappa shape index (κ1) is 14.8. The summed E-state index contributed by atoms with van der Waals surface area (Å²) < 4.78 is 12.1. The first-order valence-electron chi connectivity index (χ1n) is 6.27. The van der Waals surface area contributed by atoms with E-state index >= 15 is 0 Å². The summed E-state index contributed by atoms with van der Waals surface area (Å²) >= 11 is 3.44. The van der Waals surface area contributed by atoms with E-state index in [1.54, 1.807) is 13.3 Å². The van der Waals surface area contributed by atoms with Crippen LogP contribution in [-0.2, 0) is 6.61 Å². The lowest BCUT2D eigenvalue weighted by Crippen LogP contribution is -2.08. The highest BCUT2D eigenvalue weighted by molar-refractivity contribution is 9.10. The highest BCUT2D eigenvalue weighted by atomic mass is 79.9. The van der Waals surface area contributed by atoms with Crippen molar-refractivity contribution in [2.75, 3.05) is 7.11 Å². The number of nitrogens with zero attached hydrogens (tertiary/aromatic N) is 1. The molecule has 106 valence electrons. The van der Waals surface area contributed by atoms with E-state index in [4.69, 9.17) is 15.2 Å². The quantitative estimate of drug-likeness (QED) is 0.908. The first-order chi connectivity index (χ1) is 9.61. The molecule has 0 radical (unpaired) electrons. The van der Waals surface area contributed by atoms with Crippen molar-refractivity contribution in [1.29, 1.82) is 0 Å². The van der Waals surface area contributed by atoms with Crippen molar-refractivity contribution < 1.29 is 9.47 Å². The summed E-state index contributed by atoms with van der Waals surface area (Å²) in [5.41, 5.74) is 7.83. The molecule has 20 heavy (non-hydrogen) atoms. The average molecular weight is 337 g/mol. The van der Waals surface area contributed by atoms with Gasteiger partial charge in [-0.15, -0.1) is 0 Å². The normalized spacial score (nSPS) is 12.0. The van der Waals surface area contributed by atoms with Crippen LogP contribution in [0.1, 0.15) is 24.1 Å². The van der Waals surface area contributed by atoms with E-state index in [1.165, 1.54) is 0 Å². The lowest BCUT2D eigenvalue weighted by atomic mass is 10.1. The first-order valence-corrected chi connectivity index (χ1v) is 7.07. The number of rotatable bonds is 5. The molecule has 2 aromatic rings. The Morgan fingerprint density at radius 3 is 2.85 bits per heavy atom. The summed E-state index contributed by atoms with van der Waals surface area (Å²) in [5, 5.41) is 0. The predicted molar refractivity (Wildman–Crippen MR) is 81.9 cm³/mol. The number of hydrogen-bond acceptors (Lipinski definition) is 4. The molecular weight excluding hydrogens is 320 g/mol. The van der Waals surface area contributed by atoms with Gasteiger partial charge < -0.3 is 15.2 Å². The second-order valence-corrected chi connectivity index (χ2v) is 5.35. The van der Waals surface area contributed by atoms with Crippen LogP contribution in [0.3, 0.4) is 0 Å². The standard InChI is InChI=1S/C15H17BrN2O2/c1-10(17)13-8-12(16)5-6-14(13)20-9-11-4-3-7-18-15(11)19-2/h3-8,10H,9,17H2,1-2H3/t10-/m0/s1. The van der Waals surface area contributed by atoms with Crippen LogP contribution in [0.25, 0.3) is 0 Å². The van der Waals surface area contributed by atoms with Crippen molar-refractivity contribution in [3.63, 3.8) is 0 Å². The number of hydrogen-bond donors (Lipinski definition) is 1. The number of halogens is 1. The Hall–Kier alpha value is -1.59. The molecule has 1 aromatic carbocycles. The van der Waals surface area contributed by atoms with Crippen molar-refractivity contribution >= 4 is 15.9 Å². The van der Waals surface area contributed by atoms with Crippen molar-refractivity contribution in [3.05, 3.63) is 52.1 Å². The summed E-state index contributed by atoms with van der Waals surface area (Å²) in [6.45, 7) is 2.32. The molecule has 0 bridgehead atoms. The highest BCUT2D eigenvalue weighted by Gasteiger charge is 2.10. The molecule has 0 unspecified atom stereocenters. The van der Waals surface area contributed by atoms with Gasteiger partial charge in [0.2, 0.25) is 5.88 Å². The fourth-order valence-electron chi connectivity index (χ4n) is 1.88. The van der Waals surface area contributed by atoms with Gasteiger partial charge in [-0.2, -0.15) is 0 Å². The maximum Gasteiger partial charge on any atom is 0.219 e.